The molecule has 0 radical (unpaired) electrons. The molecule has 7 nitrogen and oxygen atoms in total. The maximum Gasteiger partial charge on any atom is 0.289 e. The second-order valence-corrected chi connectivity index (χ2v) is 7.45. The Labute approximate surface area is 172 Å². The number of aromatic amines is 1. The Kier molecular flexibility index (Phi) is 5.40. The third kappa shape index (κ3) is 4.19. The number of halogens is 1. The Bertz CT molecular complexity index is 1050. The lowest BCUT2D eigenvalue weighted by Crippen LogP contribution is -2.49. The number of piperazine rings is 1. The van der Waals surface area contributed by atoms with Crippen LogP contribution in [0.2, 0.25) is 5.02 Å². The van der Waals surface area contributed by atoms with Gasteiger partial charge < -0.3 is 14.2 Å². The first-order valence-corrected chi connectivity index (χ1v) is 9.81. The van der Waals surface area contributed by atoms with Crippen molar-refractivity contribution >= 4 is 23.5 Å². The molecule has 1 aliphatic heterocycles. The number of anilines is 1. The van der Waals surface area contributed by atoms with Crippen LogP contribution in [-0.2, 0) is 6.42 Å². The van der Waals surface area contributed by atoms with Crippen molar-refractivity contribution in [3.05, 3.63) is 80.6 Å². The molecule has 29 heavy (non-hydrogen) atoms. The summed E-state index contributed by atoms with van der Waals surface area (Å²) in [6, 6.07) is 10.8. The van der Waals surface area contributed by atoms with Crippen molar-refractivity contribution in [2.24, 2.45) is 0 Å². The lowest BCUT2D eigenvalue weighted by Gasteiger charge is -2.34. The Morgan fingerprint density at radius 2 is 1.90 bits per heavy atom. The molecule has 1 N–H and O–H groups in total. The van der Waals surface area contributed by atoms with Crippen molar-refractivity contribution in [2.45, 2.75) is 13.3 Å². The standard InChI is InChI=1S/C21H21ClN4O3/c1-14-17(13-15-4-6-16(22)7-5-15)19(27)24-21(23-14)26-10-8-25(9-11-26)20(28)18-3-2-12-29-18/h2-7,12H,8-11,13H2,1H3,(H,23,24,27). The van der Waals surface area contributed by atoms with Crippen molar-refractivity contribution < 1.29 is 9.21 Å². The van der Waals surface area contributed by atoms with E-state index >= 15 is 0 Å². The molecule has 0 atom stereocenters. The Hall–Kier alpha value is -3.06. The molecule has 0 aliphatic carbocycles. The summed E-state index contributed by atoms with van der Waals surface area (Å²) in [5.74, 6) is 0.760. The largest absolute Gasteiger partial charge is 0.459 e. The van der Waals surface area contributed by atoms with E-state index in [1.165, 1.54) is 6.26 Å². The average molecular weight is 413 g/mol. The molecule has 1 saturated heterocycles. The van der Waals surface area contributed by atoms with Gasteiger partial charge in [-0.05, 0) is 36.8 Å². The predicted molar refractivity (Wildman–Crippen MR) is 111 cm³/mol. The van der Waals surface area contributed by atoms with Gasteiger partial charge in [0.1, 0.15) is 0 Å². The number of H-pyrrole nitrogens is 1. The minimum absolute atomic E-state index is 0.120. The molecule has 0 saturated carbocycles. The zero-order valence-corrected chi connectivity index (χ0v) is 16.8. The number of carbonyl (C=O) groups excluding carboxylic acids is 1. The first-order valence-electron chi connectivity index (χ1n) is 9.43. The summed E-state index contributed by atoms with van der Waals surface area (Å²) in [6.45, 7) is 4.10. The van der Waals surface area contributed by atoms with Crippen LogP contribution in [0.1, 0.15) is 27.4 Å². The van der Waals surface area contributed by atoms with Gasteiger partial charge in [-0.25, -0.2) is 4.98 Å². The Balaban J connectivity index is 1.45. The fourth-order valence-corrected chi connectivity index (χ4v) is 3.56. The number of aryl methyl sites for hydroxylation is 1. The average Bonchev–Trinajstić information content (AvgIpc) is 3.26. The van der Waals surface area contributed by atoms with Crippen LogP contribution in [0.15, 0.2) is 51.9 Å². The predicted octanol–water partition coefficient (Wildman–Crippen LogP) is 2.88. The smallest absolute Gasteiger partial charge is 0.289 e. The van der Waals surface area contributed by atoms with Crippen molar-refractivity contribution in [2.75, 3.05) is 31.1 Å². The fraction of sp³-hybridized carbons (Fsp3) is 0.286. The van der Waals surface area contributed by atoms with Crippen LogP contribution in [0.3, 0.4) is 0 Å². The third-order valence-corrected chi connectivity index (χ3v) is 5.35. The van der Waals surface area contributed by atoms with Crippen molar-refractivity contribution in [1.29, 1.82) is 0 Å². The van der Waals surface area contributed by atoms with Crippen LogP contribution in [0, 0.1) is 6.92 Å². The zero-order valence-electron chi connectivity index (χ0n) is 16.0. The number of furan rings is 1. The quantitative estimate of drug-likeness (QED) is 0.712. The molecule has 1 aliphatic rings. The SMILES string of the molecule is Cc1nc(N2CCN(C(=O)c3ccco3)CC2)[nH]c(=O)c1Cc1ccc(Cl)cc1. The summed E-state index contributed by atoms with van der Waals surface area (Å²) < 4.78 is 5.19. The van der Waals surface area contributed by atoms with Gasteiger partial charge in [0, 0.05) is 43.2 Å². The highest BCUT2D eigenvalue weighted by Gasteiger charge is 2.25. The number of hydrogen-bond acceptors (Lipinski definition) is 5. The molecule has 1 amide bonds. The summed E-state index contributed by atoms with van der Waals surface area (Å²) in [4.78, 5) is 36.3. The van der Waals surface area contributed by atoms with Crippen molar-refractivity contribution in [3.8, 4) is 0 Å². The zero-order chi connectivity index (χ0) is 20.4. The van der Waals surface area contributed by atoms with Gasteiger partial charge in [0.2, 0.25) is 5.95 Å². The lowest BCUT2D eigenvalue weighted by atomic mass is 10.1. The van der Waals surface area contributed by atoms with E-state index in [2.05, 4.69) is 9.97 Å². The number of carbonyl (C=O) groups is 1. The molecule has 1 fully saturated rings. The molecule has 4 rings (SSSR count). The molecule has 8 heteroatoms. The van der Waals surface area contributed by atoms with Gasteiger partial charge in [0.05, 0.1) is 12.0 Å². The molecule has 2 aromatic heterocycles. The summed E-state index contributed by atoms with van der Waals surface area (Å²) in [5.41, 5.74) is 2.20. The first-order chi connectivity index (χ1) is 14.0. The van der Waals surface area contributed by atoms with Gasteiger partial charge >= 0.3 is 0 Å². The topological polar surface area (TPSA) is 82.4 Å². The number of aromatic nitrogens is 2. The number of benzene rings is 1. The number of hydrogen-bond donors (Lipinski definition) is 1. The molecule has 3 heterocycles. The highest BCUT2D eigenvalue weighted by Crippen LogP contribution is 2.16. The Morgan fingerprint density at radius 3 is 2.52 bits per heavy atom. The highest BCUT2D eigenvalue weighted by atomic mass is 35.5. The molecule has 150 valence electrons. The maximum absolute atomic E-state index is 12.7. The van der Waals surface area contributed by atoms with Gasteiger partial charge in [-0.2, -0.15) is 0 Å². The summed E-state index contributed by atoms with van der Waals surface area (Å²) in [7, 11) is 0. The Morgan fingerprint density at radius 1 is 1.17 bits per heavy atom. The molecule has 1 aromatic carbocycles. The van der Waals surface area contributed by atoms with E-state index in [1.54, 1.807) is 17.0 Å². The van der Waals surface area contributed by atoms with Gasteiger partial charge in [-0.1, -0.05) is 23.7 Å². The molecule has 0 bridgehead atoms. The normalized spacial score (nSPS) is 14.3. The molecule has 0 spiro atoms. The van der Waals surface area contributed by atoms with Crippen LogP contribution < -0.4 is 10.5 Å². The van der Waals surface area contributed by atoms with Gasteiger partial charge in [-0.15, -0.1) is 0 Å². The van der Waals surface area contributed by atoms with E-state index < -0.39 is 0 Å². The fourth-order valence-electron chi connectivity index (χ4n) is 3.44. The number of nitrogens with zero attached hydrogens (tertiary/aromatic N) is 3. The minimum Gasteiger partial charge on any atom is -0.459 e. The molecular weight excluding hydrogens is 392 g/mol. The number of nitrogens with one attached hydrogen (secondary N) is 1. The first kappa shape index (κ1) is 19.3. The minimum atomic E-state index is -0.142. The van der Waals surface area contributed by atoms with E-state index in [1.807, 2.05) is 36.1 Å². The van der Waals surface area contributed by atoms with E-state index in [-0.39, 0.29) is 11.5 Å². The number of rotatable bonds is 4. The summed E-state index contributed by atoms with van der Waals surface area (Å²) in [5, 5.41) is 0.664. The van der Waals surface area contributed by atoms with Gasteiger partial charge in [0.15, 0.2) is 5.76 Å². The second kappa shape index (κ2) is 8.13. The van der Waals surface area contributed by atoms with Crippen LogP contribution >= 0.6 is 11.6 Å². The van der Waals surface area contributed by atoms with E-state index in [4.69, 9.17) is 16.0 Å². The highest BCUT2D eigenvalue weighted by molar-refractivity contribution is 6.30. The maximum atomic E-state index is 12.7. The second-order valence-electron chi connectivity index (χ2n) is 7.01. The van der Waals surface area contributed by atoms with Crippen LogP contribution in [-0.4, -0.2) is 47.0 Å². The van der Waals surface area contributed by atoms with Gasteiger partial charge in [0.25, 0.3) is 11.5 Å². The summed E-state index contributed by atoms with van der Waals surface area (Å²) in [6.07, 6.45) is 1.99. The van der Waals surface area contributed by atoms with Crippen molar-refractivity contribution in [3.63, 3.8) is 0 Å². The van der Waals surface area contributed by atoms with Crippen LogP contribution in [0.5, 0.6) is 0 Å². The molecule has 0 unspecified atom stereocenters. The van der Waals surface area contributed by atoms with Crippen LogP contribution in [0.4, 0.5) is 5.95 Å². The third-order valence-electron chi connectivity index (χ3n) is 5.10. The monoisotopic (exact) mass is 412 g/mol. The summed E-state index contributed by atoms with van der Waals surface area (Å²) >= 11 is 5.93. The lowest BCUT2D eigenvalue weighted by molar-refractivity contribution is 0.0714. The molecule has 3 aromatic rings. The number of amides is 1. The van der Waals surface area contributed by atoms with Crippen molar-refractivity contribution in [1.82, 2.24) is 14.9 Å². The van der Waals surface area contributed by atoms with Gasteiger partial charge in [-0.3, -0.25) is 14.6 Å². The van der Waals surface area contributed by atoms with E-state index in [0.29, 0.717) is 60.6 Å². The van der Waals surface area contributed by atoms with Crippen LogP contribution in [0.25, 0.3) is 0 Å². The molecular formula is C21H21ClN4O3. The van der Waals surface area contributed by atoms with E-state index in [9.17, 15) is 9.59 Å². The van der Waals surface area contributed by atoms with E-state index in [0.717, 1.165) is 5.56 Å².